The van der Waals surface area contributed by atoms with Gasteiger partial charge in [0, 0.05) is 24.9 Å². The standard InChI is InChI=1S/C15H15N3O6/c1-23-7-8-24-13-4-2-3-11(9-13)16-14-6-5-12(17(19)20)10-15(14)18(21)22/h2-6,9-10,16H,7-8H2,1H3. The maximum absolute atomic E-state index is 11.1. The molecule has 0 saturated carbocycles. The van der Waals surface area contributed by atoms with Gasteiger partial charge < -0.3 is 14.8 Å². The van der Waals surface area contributed by atoms with E-state index in [1.54, 1.807) is 31.4 Å². The zero-order valence-corrected chi connectivity index (χ0v) is 12.8. The summed E-state index contributed by atoms with van der Waals surface area (Å²) in [7, 11) is 1.56. The van der Waals surface area contributed by atoms with Gasteiger partial charge in [0.15, 0.2) is 0 Å². The number of methoxy groups -OCH3 is 1. The molecule has 0 spiro atoms. The predicted molar refractivity (Wildman–Crippen MR) is 86.8 cm³/mol. The molecule has 0 aliphatic carbocycles. The Hall–Kier alpha value is -3.20. The van der Waals surface area contributed by atoms with Gasteiger partial charge in [-0.15, -0.1) is 0 Å². The third kappa shape index (κ3) is 4.40. The molecular formula is C15H15N3O6. The van der Waals surface area contributed by atoms with Crippen LogP contribution >= 0.6 is 0 Å². The number of hydrogen-bond acceptors (Lipinski definition) is 7. The summed E-state index contributed by atoms with van der Waals surface area (Å²) in [6.45, 7) is 0.809. The number of nitrogens with one attached hydrogen (secondary N) is 1. The molecule has 2 rings (SSSR count). The average molecular weight is 333 g/mol. The van der Waals surface area contributed by atoms with Gasteiger partial charge in [-0.1, -0.05) is 6.07 Å². The highest BCUT2D eigenvalue weighted by molar-refractivity contribution is 5.72. The molecule has 2 aromatic rings. The molecule has 0 aliphatic rings. The second-order valence-electron chi connectivity index (χ2n) is 4.71. The number of benzene rings is 2. The van der Waals surface area contributed by atoms with Crippen LogP contribution < -0.4 is 10.1 Å². The van der Waals surface area contributed by atoms with E-state index in [1.807, 2.05) is 0 Å². The first-order chi connectivity index (χ1) is 11.5. The Labute approximate surface area is 137 Å². The Morgan fingerprint density at radius 1 is 1.04 bits per heavy atom. The minimum atomic E-state index is -0.680. The fourth-order valence-electron chi connectivity index (χ4n) is 1.95. The maximum atomic E-state index is 11.1. The molecule has 9 nitrogen and oxygen atoms in total. The van der Waals surface area contributed by atoms with Crippen molar-refractivity contribution in [3.05, 3.63) is 62.7 Å². The second kappa shape index (κ2) is 7.88. The summed E-state index contributed by atoms with van der Waals surface area (Å²) in [5.74, 6) is 0.571. The first kappa shape index (κ1) is 17.2. The van der Waals surface area contributed by atoms with E-state index in [0.717, 1.165) is 6.07 Å². The maximum Gasteiger partial charge on any atom is 0.299 e. The number of ether oxygens (including phenoxy) is 2. The smallest absolute Gasteiger partial charge is 0.299 e. The first-order valence-electron chi connectivity index (χ1n) is 6.93. The van der Waals surface area contributed by atoms with Gasteiger partial charge in [-0.05, 0) is 18.2 Å². The molecule has 1 N–H and O–H groups in total. The molecule has 0 saturated heterocycles. The highest BCUT2D eigenvalue weighted by Crippen LogP contribution is 2.32. The van der Waals surface area contributed by atoms with Crippen LogP contribution in [0.1, 0.15) is 0 Å². The van der Waals surface area contributed by atoms with E-state index in [0.29, 0.717) is 24.7 Å². The van der Waals surface area contributed by atoms with Crippen molar-refractivity contribution in [1.29, 1.82) is 0 Å². The zero-order chi connectivity index (χ0) is 17.5. The Morgan fingerprint density at radius 2 is 1.83 bits per heavy atom. The molecule has 0 aromatic heterocycles. The van der Waals surface area contributed by atoms with E-state index in [-0.39, 0.29) is 17.1 Å². The van der Waals surface area contributed by atoms with Gasteiger partial charge >= 0.3 is 0 Å². The van der Waals surface area contributed by atoms with Crippen molar-refractivity contribution < 1.29 is 19.3 Å². The lowest BCUT2D eigenvalue weighted by Gasteiger charge is -2.10. The van der Waals surface area contributed by atoms with E-state index in [4.69, 9.17) is 9.47 Å². The molecule has 2 aromatic carbocycles. The summed E-state index contributed by atoms with van der Waals surface area (Å²) in [4.78, 5) is 20.5. The highest BCUT2D eigenvalue weighted by atomic mass is 16.6. The first-order valence-corrected chi connectivity index (χ1v) is 6.93. The van der Waals surface area contributed by atoms with E-state index >= 15 is 0 Å². The van der Waals surface area contributed by atoms with Crippen molar-refractivity contribution in [3.8, 4) is 5.75 Å². The van der Waals surface area contributed by atoms with Crippen molar-refractivity contribution in [3.63, 3.8) is 0 Å². The number of rotatable bonds is 8. The number of nitro groups is 2. The van der Waals surface area contributed by atoms with E-state index in [2.05, 4.69) is 5.32 Å². The van der Waals surface area contributed by atoms with Crippen molar-refractivity contribution in [1.82, 2.24) is 0 Å². The van der Waals surface area contributed by atoms with Gasteiger partial charge in [0.05, 0.1) is 22.5 Å². The van der Waals surface area contributed by atoms with E-state index in [9.17, 15) is 20.2 Å². The molecule has 0 fully saturated rings. The molecule has 0 radical (unpaired) electrons. The number of nitrogens with zero attached hydrogens (tertiary/aromatic N) is 2. The van der Waals surface area contributed by atoms with Gasteiger partial charge in [0.1, 0.15) is 18.0 Å². The minimum Gasteiger partial charge on any atom is -0.491 e. The molecule has 0 atom stereocenters. The summed E-state index contributed by atoms with van der Waals surface area (Å²) in [5.41, 5.74) is -0.0136. The highest BCUT2D eigenvalue weighted by Gasteiger charge is 2.19. The fourth-order valence-corrected chi connectivity index (χ4v) is 1.95. The molecule has 126 valence electrons. The fraction of sp³-hybridized carbons (Fsp3) is 0.200. The summed E-state index contributed by atoms with van der Waals surface area (Å²) in [6, 6.07) is 10.3. The van der Waals surface area contributed by atoms with Crippen LogP contribution in [0.3, 0.4) is 0 Å². The molecule has 0 bridgehead atoms. The lowest BCUT2D eigenvalue weighted by atomic mass is 10.2. The molecule has 0 heterocycles. The van der Waals surface area contributed by atoms with Gasteiger partial charge in [0.2, 0.25) is 0 Å². The zero-order valence-electron chi connectivity index (χ0n) is 12.8. The largest absolute Gasteiger partial charge is 0.491 e. The molecule has 0 aliphatic heterocycles. The molecular weight excluding hydrogens is 318 g/mol. The Kier molecular flexibility index (Phi) is 5.63. The Morgan fingerprint density at radius 3 is 2.50 bits per heavy atom. The lowest BCUT2D eigenvalue weighted by Crippen LogP contribution is -2.04. The monoisotopic (exact) mass is 333 g/mol. The van der Waals surface area contributed by atoms with Crippen LogP contribution in [-0.2, 0) is 4.74 Å². The third-order valence-electron chi connectivity index (χ3n) is 3.06. The average Bonchev–Trinajstić information content (AvgIpc) is 2.55. The predicted octanol–water partition coefficient (Wildman–Crippen LogP) is 3.27. The summed E-state index contributed by atoms with van der Waals surface area (Å²) < 4.78 is 10.4. The lowest BCUT2D eigenvalue weighted by molar-refractivity contribution is -0.393. The Bertz CT molecular complexity index is 750. The number of non-ortho nitro benzene ring substituents is 1. The third-order valence-corrected chi connectivity index (χ3v) is 3.06. The molecule has 24 heavy (non-hydrogen) atoms. The van der Waals surface area contributed by atoms with Crippen LogP contribution in [0.25, 0.3) is 0 Å². The number of hydrogen-bond donors (Lipinski definition) is 1. The SMILES string of the molecule is COCCOc1cccc(Nc2ccc([N+](=O)[O-])cc2[N+](=O)[O-])c1. The number of nitro benzene ring substituents is 2. The molecule has 0 amide bonds. The van der Waals surface area contributed by atoms with Crippen LogP contribution in [0.5, 0.6) is 5.75 Å². The van der Waals surface area contributed by atoms with Gasteiger partial charge in [-0.3, -0.25) is 20.2 Å². The van der Waals surface area contributed by atoms with Crippen LogP contribution in [-0.4, -0.2) is 30.2 Å². The Balaban J connectivity index is 2.22. The van der Waals surface area contributed by atoms with Crippen LogP contribution in [0.4, 0.5) is 22.7 Å². The van der Waals surface area contributed by atoms with Crippen molar-refractivity contribution >= 4 is 22.7 Å². The molecule has 0 unspecified atom stereocenters. The number of anilines is 2. The minimum absolute atomic E-state index is 0.152. The van der Waals surface area contributed by atoms with Crippen molar-refractivity contribution in [2.24, 2.45) is 0 Å². The van der Waals surface area contributed by atoms with Gasteiger partial charge in [-0.2, -0.15) is 0 Å². The van der Waals surface area contributed by atoms with Gasteiger partial charge in [-0.25, -0.2) is 0 Å². The summed E-state index contributed by atoms with van der Waals surface area (Å²) in [5, 5.41) is 24.8. The second-order valence-corrected chi connectivity index (χ2v) is 4.71. The van der Waals surface area contributed by atoms with Gasteiger partial charge in [0.25, 0.3) is 11.4 Å². The van der Waals surface area contributed by atoms with Crippen molar-refractivity contribution in [2.45, 2.75) is 0 Å². The van der Waals surface area contributed by atoms with E-state index < -0.39 is 9.85 Å². The molecule has 9 heteroatoms. The van der Waals surface area contributed by atoms with Crippen molar-refractivity contribution in [2.75, 3.05) is 25.6 Å². The topological polar surface area (TPSA) is 117 Å². The van der Waals surface area contributed by atoms with Crippen LogP contribution in [0.15, 0.2) is 42.5 Å². The van der Waals surface area contributed by atoms with E-state index in [1.165, 1.54) is 12.1 Å². The normalized spacial score (nSPS) is 10.2. The van der Waals surface area contributed by atoms with Crippen LogP contribution in [0.2, 0.25) is 0 Å². The summed E-state index contributed by atoms with van der Waals surface area (Å²) in [6.07, 6.45) is 0. The summed E-state index contributed by atoms with van der Waals surface area (Å²) >= 11 is 0. The quantitative estimate of drug-likeness (QED) is 0.447. The van der Waals surface area contributed by atoms with Crippen LogP contribution in [0, 0.1) is 20.2 Å².